The first-order chi connectivity index (χ1) is 16.5. The fourth-order valence-electron chi connectivity index (χ4n) is 4.13. The SMILES string of the molecule is CC[C@H](OC(=O)N[C@@]1(c2cccnc2)CCNC1)c1ccc(C(=O)Nc2ccccc2O)cc1. The van der Waals surface area contributed by atoms with E-state index in [4.69, 9.17) is 4.74 Å². The van der Waals surface area contributed by atoms with Gasteiger partial charge in [-0.2, -0.15) is 0 Å². The van der Waals surface area contributed by atoms with Crippen molar-refractivity contribution in [3.8, 4) is 5.75 Å². The summed E-state index contributed by atoms with van der Waals surface area (Å²) in [6, 6.07) is 17.2. The molecule has 1 aliphatic rings. The molecule has 176 valence electrons. The van der Waals surface area contributed by atoms with Crippen LogP contribution in [0.1, 0.15) is 47.4 Å². The Morgan fingerprint density at radius 1 is 1.15 bits per heavy atom. The minimum Gasteiger partial charge on any atom is -0.506 e. The third-order valence-corrected chi connectivity index (χ3v) is 6.03. The Labute approximate surface area is 198 Å². The van der Waals surface area contributed by atoms with Crippen LogP contribution < -0.4 is 16.0 Å². The maximum absolute atomic E-state index is 12.9. The predicted octanol–water partition coefficient (Wildman–Crippen LogP) is 4.11. The molecule has 1 aromatic heterocycles. The van der Waals surface area contributed by atoms with Gasteiger partial charge in [-0.05, 0) is 60.8 Å². The van der Waals surface area contributed by atoms with E-state index < -0.39 is 17.7 Å². The quantitative estimate of drug-likeness (QED) is 0.395. The zero-order valence-corrected chi connectivity index (χ0v) is 19.0. The van der Waals surface area contributed by atoms with Gasteiger partial charge in [0.05, 0.1) is 11.2 Å². The first-order valence-electron chi connectivity index (χ1n) is 11.3. The number of carbonyl (C=O) groups is 2. The number of ether oxygens (including phenoxy) is 1. The molecule has 4 N–H and O–H groups in total. The van der Waals surface area contributed by atoms with E-state index in [1.165, 1.54) is 6.07 Å². The van der Waals surface area contributed by atoms with Crippen molar-refractivity contribution in [2.75, 3.05) is 18.4 Å². The number of nitrogens with zero attached hydrogens (tertiary/aromatic N) is 1. The summed E-state index contributed by atoms with van der Waals surface area (Å²) in [5, 5.41) is 18.9. The lowest BCUT2D eigenvalue weighted by Crippen LogP contribution is -2.48. The smallest absolute Gasteiger partial charge is 0.408 e. The number of carbonyl (C=O) groups excluding carboxylic acids is 2. The second-order valence-corrected chi connectivity index (χ2v) is 8.27. The van der Waals surface area contributed by atoms with Crippen LogP contribution in [0.4, 0.5) is 10.5 Å². The number of pyridine rings is 1. The van der Waals surface area contributed by atoms with Crippen molar-refractivity contribution in [3.05, 3.63) is 89.7 Å². The lowest BCUT2D eigenvalue weighted by atomic mass is 9.90. The van der Waals surface area contributed by atoms with E-state index in [0.29, 0.717) is 24.2 Å². The van der Waals surface area contributed by atoms with Crippen molar-refractivity contribution in [2.24, 2.45) is 0 Å². The van der Waals surface area contributed by atoms with E-state index in [0.717, 1.165) is 24.1 Å². The van der Waals surface area contributed by atoms with Crippen LogP contribution >= 0.6 is 0 Å². The van der Waals surface area contributed by atoms with Crippen LogP contribution in [0.25, 0.3) is 0 Å². The first-order valence-corrected chi connectivity index (χ1v) is 11.3. The number of alkyl carbamates (subject to hydrolysis) is 1. The van der Waals surface area contributed by atoms with E-state index in [1.807, 2.05) is 19.1 Å². The number of amides is 2. The summed E-state index contributed by atoms with van der Waals surface area (Å²) >= 11 is 0. The van der Waals surface area contributed by atoms with E-state index in [1.54, 1.807) is 54.9 Å². The number of benzene rings is 2. The second kappa shape index (κ2) is 10.4. The molecule has 1 saturated heterocycles. The molecular weight excluding hydrogens is 432 g/mol. The van der Waals surface area contributed by atoms with Gasteiger partial charge >= 0.3 is 6.09 Å². The molecule has 1 aliphatic heterocycles. The van der Waals surface area contributed by atoms with E-state index in [9.17, 15) is 14.7 Å². The van der Waals surface area contributed by atoms with Gasteiger partial charge in [-0.25, -0.2) is 4.79 Å². The summed E-state index contributed by atoms with van der Waals surface area (Å²) < 4.78 is 5.77. The predicted molar refractivity (Wildman–Crippen MR) is 129 cm³/mol. The molecular formula is C26H28N4O4. The Morgan fingerprint density at radius 3 is 2.59 bits per heavy atom. The van der Waals surface area contributed by atoms with Gasteiger partial charge in [-0.15, -0.1) is 0 Å². The molecule has 2 atom stereocenters. The number of anilines is 1. The number of para-hydroxylation sites is 2. The molecule has 1 fully saturated rings. The minimum atomic E-state index is -0.561. The van der Waals surface area contributed by atoms with Crippen molar-refractivity contribution in [3.63, 3.8) is 0 Å². The molecule has 8 nitrogen and oxygen atoms in total. The van der Waals surface area contributed by atoms with Crippen LogP contribution in [-0.4, -0.2) is 35.2 Å². The summed E-state index contributed by atoms with van der Waals surface area (Å²) in [5.74, 6) is -0.341. The summed E-state index contributed by atoms with van der Waals surface area (Å²) in [6.07, 6.45) is 3.83. The molecule has 2 heterocycles. The van der Waals surface area contributed by atoms with Gasteiger partial charge in [0.1, 0.15) is 11.9 Å². The van der Waals surface area contributed by atoms with Crippen molar-refractivity contribution in [1.82, 2.24) is 15.6 Å². The molecule has 3 aromatic rings. The second-order valence-electron chi connectivity index (χ2n) is 8.27. The van der Waals surface area contributed by atoms with Crippen LogP contribution in [0.3, 0.4) is 0 Å². The third-order valence-electron chi connectivity index (χ3n) is 6.03. The van der Waals surface area contributed by atoms with Crippen molar-refractivity contribution in [1.29, 1.82) is 0 Å². The van der Waals surface area contributed by atoms with E-state index in [-0.39, 0.29) is 11.7 Å². The van der Waals surface area contributed by atoms with E-state index in [2.05, 4.69) is 20.9 Å². The maximum atomic E-state index is 12.9. The maximum Gasteiger partial charge on any atom is 0.408 e. The van der Waals surface area contributed by atoms with Crippen LogP contribution in [-0.2, 0) is 10.3 Å². The Bertz CT molecular complexity index is 1130. The zero-order valence-electron chi connectivity index (χ0n) is 19.0. The summed E-state index contributed by atoms with van der Waals surface area (Å²) in [6.45, 7) is 3.33. The van der Waals surface area contributed by atoms with Crippen LogP contribution in [0.15, 0.2) is 73.1 Å². The Kier molecular flexibility index (Phi) is 7.08. The molecule has 8 heteroatoms. The normalized spacial score (nSPS) is 18.1. The van der Waals surface area contributed by atoms with Crippen molar-refractivity contribution in [2.45, 2.75) is 31.4 Å². The lowest BCUT2D eigenvalue weighted by molar-refractivity contribution is 0.0860. The molecule has 0 unspecified atom stereocenters. The number of hydrogen-bond donors (Lipinski definition) is 4. The van der Waals surface area contributed by atoms with Gasteiger partial charge in [0.15, 0.2) is 0 Å². The highest BCUT2D eigenvalue weighted by molar-refractivity contribution is 6.05. The highest BCUT2D eigenvalue weighted by Gasteiger charge is 2.38. The molecule has 2 amide bonds. The fraction of sp³-hybridized carbons (Fsp3) is 0.269. The van der Waals surface area contributed by atoms with Crippen LogP contribution in [0.5, 0.6) is 5.75 Å². The van der Waals surface area contributed by atoms with Gasteiger partial charge in [0, 0.05) is 24.5 Å². The summed E-state index contributed by atoms with van der Waals surface area (Å²) in [5.41, 5.74) is 1.93. The molecule has 0 aliphatic carbocycles. The van der Waals surface area contributed by atoms with Crippen molar-refractivity contribution < 1.29 is 19.4 Å². The number of phenolic OH excluding ortho intramolecular Hbond substituents is 1. The molecule has 2 aromatic carbocycles. The monoisotopic (exact) mass is 460 g/mol. The highest BCUT2D eigenvalue weighted by atomic mass is 16.6. The van der Waals surface area contributed by atoms with Gasteiger partial charge in [-0.3, -0.25) is 9.78 Å². The molecule has 0 bridgehead atoms. The molecule has 4 rings (SSSR count). The third kappa shape index (κ3) is 5.18. The van der Waals surface area contributed by atoms with Gasteiger partial charge in [0.2, 0.25) is 0 Å². The number of hydrogen-bond acceptors (Lipinski definition) is 6. The number of phenols is 1. The van der Waals surface area contributed by atoms with E-state index >= 15 is 0 Å². The molecule has 0 radical (unpaired) electrons. The lowest BCUT2D eigenvalue weighted by Gasteiger charge is -2.30. The fourth-order valence-corrected chi connectivity index (χ4v) is 4.13. The highest BCUT2D eigenvalue weighted by Crippen LogP contribution is 2.29. The molecule has 0 spiro atoms. The number of aromatic nitrogens is 1. The topological polar surface area (TPSA) is 113 Å². The van der Waals surface area contributed by atoms with Crippen LogP contribution in [0, 0.1) is 0 Å². The average molecular weight is 461 g/mol. The number of aromatic hydroxyl groups is 1. The Balaban J connectivity index is 1.41. The summed E-state index contributed by atoms with van der Waals surface area (Å²) in [7, 11) is 0. The standard InChI is InChI=1S/C26H28N4O4/c1-2-23(34-25(33)30-26(13-15-28-17-26)20-6-5-14-27-16-20)18-9-11-19(12-10-18)24(32)29-21-7-3-4-8-22(21)31/h3-12,14,16,23,28,31H,2,13,15,17H2,1H3,(H,29,32)(H,30,33)/t23-,26-/m0/s1. The molecule has 34 heavy (non-hydrogen) atoms. The number of nitrogens with one attached hydrogen (secondary N) is 3. The van der Waals surface area contributed by atoms with Gasteiger partial charge < -0.3 is 25.8 Å². The minimum absolute atomic E-state index is 0.000511. The number of rotatable bonds is 7. The van der Waals surface area contributed by atoms with Crippen LogP contribution in [0.2, 0.25) is 0 Å². The molecule has 0 saturated carbocycles. The first kappa shape index (κ1) is 23.3. The summed E-state index contributed by atoms with van der Waals surface area (Å²) in [4.78, 5) is 29.6. The Hall–Kier alpha value is -3.91. The van der Waals surface area contributed by atoms with Gasteiger partial charge in [0.25, 0.3) is 5.91 Å². The van der Waals surface area contributed by atoms with Gasteiger partial charge in [-0.1, -0.05) is 37.3 Å². The Morgan fingerprint density at radius 2 is 1.94 bits per heavy atom. The zero-order chi connectivity index (χ0) is 24.0. The average Bonchev–Trinajstić information content (AvgIpc) is 3.34. The largest absolute Gasteiger partial charge is 0.506 e. The van der Waals surface area contributed by atoms with Crippen molar-refractivity contribution >= 4 is 17.7 Å².